The highest BCUT2D eigenvalue weighted by atomic mass is 35.5. The number of halogens is 2. The maximum atomic E-state index is 13.6. The van der Waals surface area contributed by atoms with Crippen molar-refractivity contribution in [1.29, 1.82) is 0 Å². The van der Waals surface area contributed by atoms with Gasteiger partial charge in [0.15, 0.2) is 5.82 Å². The van der Waals surface area contributed by atoms with Gasteiger partial charge in [-0.2, -0.15) is 0 Å². The lowest BCUT2D eigenvalue weighted by Crippen LogP contribution is -2.47. The Morgan fingerprint density at radius 3 is 2.21 bits per heavy atom. The van der Waals surface area contributed by atoms with Crippen LogP contribution in [0.2, 0.25) is 0 Å². The maximum Gasteiger partial charge on any atom is 0.257 e. The van der Waals surface area contributed by atoms with Gasteiger partial charge in [0.2, 0.25) is 5.91 Å². The largest absolute Gasteiger partial charge is 0.319 e. The first-order chi connectivity index (χ1) is 19.8. The van der Waals surface area contributed by atoms with Crippen molar-refractivity contribution in [2.75, 3.05) is 49.5 Å². The van der Waals surface area contributed by atoms with E-state index in [4.69, 9.17) is 0 Å². The number of hydrogen-bond donors (Lipinski definition) is 1. The normalized spacial score (nSPS) is 15.7. The fraction of sp³-hybridized carbons (Fsp3) is 0.441. The Kier molecular flexibility index (Phi) is 15.1. The van der Waals surface area contributed by atoms with Gasteiger partial charge in [-0.25, -0.2) is 4.98 Å². The Hall–Kier alpha value is -2.97. The van der Waals surface area contributed by atoms with Crippen LogP contribution < -0.4 is 10.2 Å². The lowest BCUT2D eigenvalue weighted by atomic mass is 10.1. The van der Waals surface area contributed by atoms with Gasteiger partial charge in [-0.3, -0.25) is 19.4 Å². The number of carbonyl (C=O) groups is 2. The number of carbonyl (C=O) groups excluding carboxylic acids is 2. The lowest BCUT2D eigenvalue weighted by Gasteiger charge is -2.34. The number of para-hydroxylation sites is 1. The average molecular weight is 629 g/mol. The van der Waals surface area contributed by atoms with Crippen LogP contribution in [0.3, 0.4) is 0 Å². The molecule has 9 heteroatoms. The number of nitrogens with zero attached hydrogens (tertiary/aromatic N) is 4. The molecule has 234 valence electrons. The third-order valence-corrected chi connectivity index (χ3v) is 7.81. The number of pyridine rings is 1. The predicted molar refractivity (Wildman–Crippen MR) is 183 cm³/mol. The Balaban J connectivity index is 0.00000323. The monoisotopic (exact) mass is 627 g/mol. The molecule has 0 aliphatic carbocycles. The molecular weight excluding hydrogens is 581 g/mol. The number of rotatable bonds is 11. The average Bonchev–Trinajstić information content (AvgIpc) is 3.09. The van der Waals surface area contributed by atoms with Crippen LogP contribution in [0.5, 0.6) is 0 Å². The molecule has 7 nitrogen and oxygen atoms in total. The summed E-state index contributed by atoms with van der Waals surface area (Å²) in [5.41, 5.74) is 5.92. The van der Waals surface area contributed by atoms with E-state index in [0.717, 1.165) is 58.4 Å². The standard InChI is InChI=1S/C34H45N5O2.2ClH/c1-26(2)10-7-11-27(3)12-8-13-28(4)17-20-37-22-24-38(25-23-37)21-18-32(40)39-31-16-6-5-14-29(31)34(41)36-30-15-9-19-35-33(30)39;;/h5-6,9-10,12,14-17,19H,7-8,11,13,18,20-25H2,1-4H3,(H,36,41);2*1H. The van der Waals surface area contributed by atoms with Crippen LogP contribution in [-0.2, 0) is 4.79 Å². The molecule has 0 atom stereocenters. The lowest BCUT2D eigenvalue weighted by molar-refractivity contribution is -0.118. The van der Waals surface area contributed by atoms with E-state index < -0.39 is 0 Å². The summed E-state index contributed by atoms with van der Waals surface area (Å²) in [5, 5.41) is 2.90. The highest BCUT2D eigenvalue weighted by Gasteiger charge is 2.30. The van der Waals surface area contributed by atoms with E-state index in [0.29, 0.717) is 35.7 Å². The number of nitrogens with one attached hydrogen (secondary N) is 1. The first-order valence-corrected chi connectivity index (χ1v) is 14.9. The van der Waals surface area contributed by atoms with Crippen molar-refractivity contribution in [3.05, 3.63) is 83.1 Å². The molecule has 3 heterocycles. The van der Waals surface area contributed by atoms with E-state index in [2.05, 4.69) is 66.0 Å². The molecule has 0 saturated carbocycles. The molecule has 1 aromatic heterocycles. The molecule has 0 radical (unpaired) electrons. The van der Waals surface area contributed by atoms with Gasteiger partial charge in [0.25, 0.3) is 5.91 Å². The van der Waals surface area contributed by atoms with Gasteiger partial charge in [0.1, 0.15) is 0 Å². The van der Waals surface area contributed by atoms with E-state index >= 15 is 0 Å². The van der Waals surface area contributed by atoms with Crippen molar-refractivity contribution in [1.82, 2.24) is 14.8 Å². The van der Waals surface area contributed by atoms with Gasteiger partial charge in [-0.05, 0) is 77.6 Å². The number of hydrogen-bond acceptors (Lipinski definition) is 5. The molecule has 2 aliphatic heterocycles. The number of piperazine rings is 1. The second-order valence-corrected chi connectivity index (χ2v) is 11.4. The Labute approximate surface area is 269 Å². The molecule has 0 bridgehead atoms. The number of amides is 2. The zero-order valence-corrected chi connectivity index (χ0v) is 27.6. The second-order valence-electron chi connectivity index (χ2n) is 11.4. The number of fused-ring (bicyclic) bond motifs is 2. The molecule has 1 saturated heterocycles. The fourth-order valence-electron chi connectivity index (χ4n) is 5.27. The SMILES string of the molecule is CC(C)=CCCC(C)=CCCC(C)=CCN1CCN(CCC(=O)N2c3ccccc3C(=O)Nc3cccnc32)CC1.Cl.Cl. The summed E-state index contributed by atoms with van der Waals surface area (Å²) in [6, 6.07) is 10.8. The molecule has 1 aromatic carbocycles. The minimum absolute atomic E-state index is 0. The van der Waals surface area contributed by atoms with Crippen molar-refractivity contribution in [2.24, 2.45) is 0 Å². The second kappa shape index (κ2) is 18.0. The molecule has 2 amide bonds. The van der Waals surface area contributed by atoms with Gasteiger partial charge in [-0.1, -0.05) is 47.1 Å². The molecule has 43 heavy (non-hydrogen) atoms. The van der Waals surface area contributed by atoms with Crippen LogP contribution in [0.4, 0.5) is 17.2 Å². The molecule has 0 unspecified atom stereocenters. The molecule has 1 N–H and O–H groups in total. The van der Waals surface area contributed by atoms with Crippen LogP contribution >= 0.6 is 24.8 Å². The first kappa shape index (κ1) is 36.2. The van der Waals surface area contributed by atoms with E-state index in [1.807, 2.05) is 18.2 Å². The van der Waals surface area contributed by atoms with Crippen LogP contribution in [-0.4, -0.2) is 65.9 Å². The van der Waals surface area contributed by atoms with E-state index in [9.17, 15) is 9.59 Å². The Morgan fingerprint density at radius 2 is 1.49 bits per heavy atom. The van der Waals surface area contributed by atoms with Gasteiger partial charge in [0.05, 0.1) is 16.9 Å². The zero-order valence-electron chi connectivity index (χ0n) is 26.0. The highest BCUT2D eigenvalue weighted by Crippen LogP contribution is 2.36. The summed E-state index contributed by atoms with van der Waals surface area (Å²) < 4.78 is 0. The molecule has 2 aliphatic rings. The zero-order chi connectivity index (χ0) is 29.2. The minimum Gasteiger partial charge on any atom is -0.319 e. The van der Waals surface area contributed by atoms with Crippen molar-refractivity contribution in [3.8, 4) is 0 Å². The number of anilines is 3. The first-order valence-electron chi connectivity index (χ1n) is 14.9. The van der Waals surface area contributed by atoms with Crippen molar-refractivity contribution < 1.29 is 9.59 Å². The third kappa shape index (κ3) is 10.6. The summed E-state index contributed by atoms with van der Waals surface area (Å²) in [6.07, 6.45) is 13.6. The fourth-order valence-corrected chi connectivity index (χ4v) is 5.27. The van der Waals surface area contributed by atoms with Crippen LogP contribution in [0.15, 0.2) is 77.5 Å². The van der Waals surface area contributed by atoms with E-state index in [1.165, 1.54) is 16.7 Å². The summed E-state index contributed by atoms with van der Waals surface area (Å²) in [7, 11) is 0. The van der Waals surface area contributed by atoms with Gasteiger partial charge >= 0.3 is 0 Å². The van der Waals surface area contributed by atoms with Crippen molar-refractivity contribution in [3.63, 3.8) is 0 Å². The van der Waals surface area contributed by atoms with Crippen LogP contribution in [0, 0.1) is 0 Å². The summed E-state index contributed by atoms with van der Waals surface area (Å²) in [4.78, 5) is 37.3. The summed E-state index contributed by atoms with van der Waals surface area (Å²) in [6.45, 7) is 14.3. The molecule has 0 spiro atoms. The highest BCUT2D eigenvalue weighted by molar-refractivity contribution is 6.17. The number of allylic oxidation sites excluding steroid dienone is 5. The van der Waals surface area contributed by atoms with Crippen LogP contribution in [0.25, 0.3) is 0 Å². The minimum atomic E-state index is -0.229. The van der Waals surface area contributed by atoms with Crippen LogP contribution in [0.1, 0.15) is 70.2 Å². The predicted octanol–water partition coefficient (Wildman–Crippen LogP) is 7.58. The van der Waals surface area contributed by atoms with Crippen molar-refractivity contribution in [2.45, 2.75) is 59.8 Å². The topological polar surface area (TPSA) is 68.8 Å². The molecule has 4 rings (SSSR count). The van der Waals surface area contributed by atoms with Gasteiger partial charge in [-0.15, -0.1) is 24.8 Å². The smallest absolute Gasteiger partial charge is 0.257 e. The Morgan fingerprint density at radius 1 is 0.837 bits per heavy atom. The van der Waals surface area contributed by atoms with Gasteiger partial charge < -0.3 is 10.2 Å². The quantitative estimate of drug-likeness (QED) is 0.260. The molecule has 1 fully saturated rings. The van der Waals surface area contributed by atoms with Crippen molar-refractivity contribution >= 4 is 53.8 Å². The summed E-state index contributed by atoms with van der Waals surface area (Å²) in [5.74, 6) is 0.181. The van der Waals surface area contributed by atoms with E-state index in [1.54, 1.807) is 29.3 Å². The molecule has 2 aromatic rings. The molecular formula is C34H47Cl2N5O2. The summed E-state index contributed by atoms with van der Waals surface area (Å²) >= 11 is 0. The van der Waals surface area contributed by atoms with Gasteiger partial charge in [0, 0.05) is 51.9 Å². The number of aromatic nitrogens is 1. The van der Waals surface area contributed by atoms with E-state index in [-0.39, 0.29) is 36.6 Å². The third-order valence-electron chi connectivity index (χ3n) is 7.81. The Bertz CT molecular complexity index is 1310. The number of benzene rings is 1. The maximum absolute atomic E-state index is 13.6.